The molecule has 9 heteroatoms. The number of nitrogens with one attached hydrogen (secondary N) is 1. The number of nitrogens with zero attached hydrogens (tertiary/aromatic N) is 2. The first-order chi connectivity index (χ1) is 10.8. The molecule has 23 heavy (non-hydrogen) atoms. The highest BCUT2D eigenvalue weighted by Crippen LogP contribution is 2.30. The molecule has 1 aromatic carbocycles. The number of aliphatic hydroxyl groups is 1. The van der Waals surface area contributed by atoms with Gasteiger partial charge < -0.3 is 5.11 Å². The van der Waals surface area contributed by atoms with Gasteiger partial charge in [0.1, 0.15) is 0 Å². The van der Waals surface area contributed by atoms with Gasteiger partial charge in [0.25, 0.3) is 0 Å². The van der Waals surface area contributed by atoms with Crippen molar-refractivity contribution in [2.75, 3.05) is 5.75 Å². The number of aromatic amines is 1. The van der Waals surface area contributed by atoms with Crippen molar-refractivity contribution in [1.29, 1.82) is 0 Å². The summed E-state index contributed by atoms with van der Waals surface area (Å²) >= 11 is 1.17. The summed E-state index contributed by atoms with van der Waals surface area (Å²) in [7, 11) is 0. The molecule has 0 amide bonds. The van der Waals surface area contributed by atoms with Gasteiger partial charge in [0.05, 0.1) is 11.7 Å². The molecule has 1 atom stereocenters. The van der Waals surface area contributed by atoms with Crippen LogP contribution in [0.2, 0.25) is 0 Å². The maximum absolute atomic E-state index is 12.5. The van der Waals surface area contributed by atoms with Crippen molar-refractivity contribution in [3.8, 4) is 0 Å². The quantitative estimate of drug-likeness (QED) is 0.789. The van der Waals surface area contributed by atoms with E-state index in [2.05, 4.69) is 10.2 Å². The Morgan fingerprint density at radius 2 is 2.00 bits per heavy atom. The zero-order chi connectivity index (χ0) is 17.0. The Hall–Kier alpha value is -1.74. The summed E-state index contributed by atoms with van der Waals surface area (Å²) in [5.41, 5.74) is -0.700. The summed E-state index contributed by atoms with van der Waals surface area (Å²) in [5, 5.41) is 16.7. The Kier molecular flexibility index (Phi) is 5.53. The molecule has 0 bridgehead atoms. The molecule has 0 aliphatic heterocycles. The third-order valence-corrected chi connectivity index (χ3v) is 4.22. The maximum Gasteiger partial charge on any atom is 0.416 e. The van der Waals surface area contributed by atoms with Gasteiger partial charge in [0.2, 0.25) is 0 Å². The minimum absolute atomic E-state index is 0.180. The average molecular weight is 347 g/mol. The van der Waals surface area contributed by atoms with Gasteiger partial charge in [0.15, 0.2) is 5.16 Å². The first-order valence-electron chi connectivity index (χ1n) is 6.96. The molecule has 1 heterocycles. The molecule has 1 unspecified atom stereocenters. The molecule has 0 radical (unpaired) electrons. The number of benzene rings is 1. The first-order valence-corrected chi connectivity index (χ1v) is 7.94. The Morgan fingerprint density at radius 3 is 2.57 bits per heavy atom. The molecule has 2 N–H and O–H groups in total. The van der Waals surface area contributed by atoms with E-state index in [-0.39, 0.29) is 11.4 Å². The van der Waals surface area contributed by atoms with Crippen LogP contribution < -0.4 is 5.69 Å². The van der Waals surface area contributed by atoms with Gasteiger partial charge in [-0.25, -0.2) is 9.89 Å². The van der Waals surface area contributed by atoms with Crippen LogP contribution in [0.25, 0.3) is 0 Å². The van der Waals surface area contributed by atoms with E-state index in [1.165, 1.54) is 28.5 Å². The zero-order valence-corrected chi connectivity index (χ0v) is 13.1. The van der Waals surface area contributed by atoms with Crippen molar-refractivity contribution in [3.63, 3.8) is 0 Å². The molecule has 1 aromatic heterocycles. The van der Waals surface area contributed by atoms with E-state index in [0.29, 0.717) is 17.3 Å². The van der Waals surface area contributed by atoms with Crippen molar-refractivity contribution in [1.82, 2.24) is 14.8 Å². The van der Waals surface area contributed by atoms with Crippen LogP contribution in [0.3, 0.4) is 0 Å². The fraction of sp³-hybridized carbons (Fsp3) is 0.429. The molecule has 126 valence electrons. The van der Waals surface area contributed by atoms with E-state index in [1.807, 2.05) is 6.92 Å². The van der Waals surface area contributed by atoms with Crippen LogP contribution in [-0.4, -0.2) is 25.6 Å². The smallest absolute Gasteiger partial charge is 0.388 e. The average Bonchev–Trinajstić information content (AvgIpc) is 2.85. The Bertz CT molecular complexity index is 695. The standard InChI is InChI=1S/C14H16F3N3O2S/c1-2-7-20-12(22)18-19-13(20)23-8-11(21)9-3-5-10(6-4-9)14(15,16)17/h3-6,11,21H,2,7-8H2,1H3,(H,18,22). The number of halogens is 3. The topological polar surface area (TPSA) is 70.9 Å². The summed E-state index contributed by atoms with van der Waals surface area (Å²) in [6, 6.07) is 4.37. The fourth-order valence-electron chi connectivity index (χ4n) is 1.98. The molecular formula is C14H16F3N3O2S. The molecule has 0 aliphatic carbocycles. The molecule has 0 aliphatic rings. The van der Waals surface area contributed by atoms with E-state index in [9.17, 15) is 23.1 Å². The molecule has 0 saturated heterocycles. The Morgan fingerprint density at radius 1 is 1.35 bits per heavy atom. The van der Waals surface area contributed by atoms with E-state index in [4.69, 9.17) is 0 Å². The zero-order valence-electron chi connectivity index (χ0n) is 12.3. The minimum atomic E-state index is -4.40. The SMILES string of the molecule is CCCn1c(SCC(O)c2ccc(C(F)(F)F)cc2)n[nH]c1=O. The predicted molar refractivity (Wildman–Crippen MR) is 80.3 cm³/mol. The summed E-state index contributed by atoms with van der Waals surface area (Å²) in [5.74, 6) is 0.180. The van der Waals surface area contributed by atoms with Crippen molar-refractivity contribution in [2.45, 2.75) is 37.3 Å². The van der Waals surface area contributed by atoms with Crippen molar-refractivity contribution in [3.05, 3.63) is 45.9 Å². The maximum atomic E-state index is 12.5. The Labute approximate surface area is 134 Å². The first kappa shape index (κ1) is 17.6. The van der Waals surface area contributed by atoms with Gasteiger partial charge in [0, 0.05) is 12.3 Å². The number of aromatic nitrogens is 3. The number of hydrogen-bond donors (Lipinski definition) is 2. The number of aliphatic hydroxyl groups excluding tert-OH is 1. The molecule has 0 saturated carbocycles. The lowest BCUT2D eigenvalue weighted by molar-refractivity contribution is -0.137. The minimum Gasteiger partial charge on any atom is -0.388 e. The van der Waals surface area contributed by atoms with Crippen LogP contribution in [0, 0.1) is 0 Å². The van der Waals surface area contributed by atoms with Gasteiger partial charge in [-0.1, -0.05) is 30.8 Å². The molecule has 5 nitrogen and oxygen atoms in total. The summed E-state index contributed by atoms with van der Waals surface area (Å²) in [4.78, 5) is 11.5. The van der Waals surface area contributed by atoms with E-state index in [0.717, 1.165) is 18.6 Å². The van der Waals surface area contributed by atoms with Crippen LogP contribution in [0.1, 0.15) is 30.6 Å². The van der Waals surface area contributed by atoms with E-state index < -0.39 is 17.8 Å². The van der Waals surface area contributed by atoms with Crippen LogP contribution in [0.15, 0.2) is 34.2 Å². The lowest BCUT2D eigenvalue weighted by Gasteiger charge is -2.12. The highest BCUT2D eigenvalue weighted by atomic mass is 32.2. The van der Waals surface area contributed by atoms with Crippen LogP contribution >= 0.6 is 11.8 Å². The highest BCUT2D eigenvalue weighted by Gasteiger charge is 2.30. The van der Waals surface area contributed by atoms with Gasteiger partial charge in [-0.15, -0.1) is 5.10 Å². The largest absolute Gasteiger partial charge is 0.416 e. The van der Waals surface area contributed by atoms with E-state index in [1.54, 1.807) is 0 Å². The molecule has 2 aromatic rings. The number of alkyl halides is 3. The summed E-state index contributed by atoms with van der Waals surface area (Å²) in [6.45, 7) is 2.43. The molecule has 0 fully saturated rings. The van der Waals surface area contributed by atoms with Gasteiger partial charge in [-0.05, 0) is 24.1 Å². The second-order valence-electron chi connectivity index (χ2n) is 4.91. The lowest BCUT2D eigenvalue weighted by atomic mass is 10.1. The second-order valence-corrected chi connectivity index (χ2v) is 5.90. The third kappa shape index (κ3) is 4.38. The van der Waals surface area contributed by atoms with Gasteiger partial charge in [-0.3, -0.25) is 4.57 Å². The van der Waals surface area contributed by atoms with Crippen molar-refractivity contribution >= 4 is 11.8 Å². The number of rotatable bonds is 6. The number of H-pyrrole nitrogens is 1. The van der Waals surface area contributed by atoms with Crippen molar-refractivity contribution in [2.24, 2.45) is 0 Å². The molecular weight excluding hydrogens is 331 g/mol. The molecule has 0 spiro atoms. The van der Waals surface area contributed by atoms with Crippen LogP contribution in [0.5, 0.6) is 0 Å². The number of thioether (sulfide) groups is 1. The summed E-state index contributed by atoms with van der Waals surface area (Å²) in [6.07, 6.45) is -4.60. The predicted octanol–water partition coefficient (Wildman–Crippen LogP) is 2.83. The van der Waals surface area contributed by atoms with Crippen LogP contribution in [0.4, 0.5) is 13.2 Å². The van der Waals surface area contributed by atoms with Crippen molar-refractivity contribution < 1.29 is 18.3 Å². The second kappa shape index (κ2) is 7.22. The Balaban J connectivity index is 2.02. The monoisotopic (exact) mass is 347 g/mol. The highest BCUT2D eigenvalue weighted by molar-refractivity contribution is 7.99. The lowest BCUT2D eigenvalue weighted by Crippen LogP contribution is -2.17. The molecule has 2 rings (SSSR count). The summed E-state index contributed by atoms with van der Waals surface area (Å²) < 4.78 is 39.0. The van der Waals surface area contributed by atoms with E-state index >= 15 is 0 Å². The normalized spacial score (nSPS) is 13.3. The third-order valence-electron chi connectivity index (χ3n) is 3.16. The van der Waals surface area contributed by atoms with Crippen LogP contribution in [-0.2, 0) is 12.7 Å². The van der Waals surface area contributed by atoms with Gasteiger partial charge in [-0.2, -0.15) is 13.2 Å². The fourth-order valence-corrected chi connectivity index (χ4v) is 2.92. The number of hydrogen-bond acceptors (Lipinski definition) is 4. The van der Waals surface area contributed by atoms with Gasteiger partial charge >= 0.3 is 11.9 Å².